The van der Waals surface area contributed by atoms with E-state index < -0.39 is 0 Å². The third-order valence-corrected chi connectivity index (χ3v) is 4.94. The number of carbonyl (C=O) groups excluding carboxylic acids is 1. The van der Waals surface area contributed by atoms with Gasteiger partial charge in [-0.2, -0.15) is 5.10 Å². The molecule has 144 valence electrons. The molecule has 3 heterocycles. The molecule has 1 aliphatic rings. The topological polar surface area (TPSA) is 73.9 Å². The average molecular weight is 379 g/mol. The molecular formula is C21H22FN5O. The predicted octanol–water partition coefficient (Wildman–Crippen LogP) is 2.94. The lowest BCUT2D eigenvalue weighted by Crippen LogP contribution is -2.48. The van der Waals surface area contributed by atoms with Crippen molar-refractivity contribution in [1.29, 1.82) is 0 Å². The van der Waals surface area contributed by atoms with Crippen LogP contribution in [0.2, 0.25) is 0 Å². The fourth-order valence-electron chi connectivity index (χ4n) is 3.52. The van der Waals surface area contributed by atoms with Crippen LogP contribution in [0.15, 0.2) is 54.9 Å². The van der Waals surface area contributed by atoms with Gasteiger partial charge in [0.1, 0.15) is 5.82 Å². The van der Waals surface area contributed by atoms with E-state index in [0.717, 1.165) is 48.6 Å². The van der Waals surface area contributed by atoms with Crippen molar-refractivity contribution in [1.82, 2.24) is 20.5 Å². The maximum Gasteiger partial charge on any atom is 0.224 e. The largest absolute Gasteiger partial charge is 0.353 e. The van der Waals surface area contributed by atoms with Crippen molar-refractivity contribution < 1.29 is 9.18 Å². The molecule has 0 saturated carbocycles. The summed E-state index contributed by atoms with van der Waals surface area (Å²) in [5.41, 5.74) is 2.79. The molecule has 0 radical (unpaired) electrons. The lowest BCUT2D eigenvalue weighted by molar-refractivity contribution is -0.121. The summed E-state index contributed by atoms with van der Waals surface area (Å²) in [7, 11) is 0. The van der Waals surface area contributed by atoms with Crippen molar-refractivity contribution in [3.63, 3.8) is 0 Å². The lowest BCUT2D eigenvalue weighted by atomic mass is 10.0. The number of nitrogens with one attached hydrogen (secondary N) is 2. The van der Waals surface area contributed by atoms with Crippen LogP contribution in [0.25, 0.3) is 11.3 Å². The molecule has 1 unspecified atom stereocenters. The van der Waals surface area contributed by atoms with Gasteiger partial charge in [0.15, 0.2) is 5.82 Å². The third-order valence-electron chi connectivity index (χ3n) is 4.94. The predicted molar refractivity (Wildman–Crippen MR) is 105 cm³/mol. The van der Waals surface area contributed by atoms with Crippen LogP contribution in [0.5, 0.6) is 0 Å². The number of hydrogen-bond donors (Lipinski definition) is 2. The summed E-state index contributed by atoms with van der Waals surface area (Å²) < 4.78 is 13.0. The van der Waals surface area contributed by atoms with Gasteiger partial charge in [0.2, 0.25) is 5.91 Å². The fourth-order valence-corrected chi connectivity index (χ4v) is 3.52. The average Bonchev–Trinajstić information content (AvgIpc) is 3.21. The summed E-state index contributed by atoms with van der Waals surface area (Å²) in [6.07, 6.45) is 5.68. The number of nitrogens with zero attached hydrogens (tertiary/aromatic N) is 3. The van der Waals surface area contributed by atoms with Crippen LogP contribution in [0.1, 0.15) is 18.4 Å². The van der Waals surface area contributed by atoms with Crippen LogP contribution >= 0.6 is 0 Å². The molecule has 0 aliphatic carbocycles. The number of carbonyl (C=O) groups is 1. The zero-order chi connectivity index (χ0) is 19.3. The molecular weight excluding hydrogens is 357 g/mol. The van der Waals surface area contributed by atoms with Crippen molar-refractivity contribution in [2.24, 2.45) is 0 Å². The Morgan fingerprint density at radius 2 is 2.00 bits per heavy atom. The highest BCUT2D eigenvalue weighted by atomic mass is 19.1. The Labute approximate surface area is 162 Å². The molecule has 1 aliphatic heterocycles. The number of aromatic amines is 1. The quantitative estimate of drug-likeness (QED) is 0.715. The highest BCUT2D eigenvalue weighted by Crippen LogP contribution is 2.23. The molecule has 2 aromatic heterocycles. The van der Waals surface area contributed by atoms with E-state index in [1.807, 2.05) is 18.2 Å². The van der Waals surface area contributed by atoms with E-state index >= 15 is 0 Å². The maximum atomic E-state index is 13.0. The van der Waals surface area contributed by atoms with Crippen LogP contribution in [0, 0.1) is 5.82 Å². The van der Waals surface area contributed by atoms with Crippen molar-refractivity contribution >= 4 is 11.7 Å². The Morgan fingerprint density at radius 1 is 1.21 bits per heavy atom. The molecule has 4 rings (SSSR count). The van der Waals surface area contributed by atoms with Crippen LogP contribution in [0.4, 0.5) is 10.2 Å². The molecule has 2 N–H and O–H groups in total. The molecule has 28 heavy (non-hydrogen) atoms. The summed E-state index contributed by atoms with van der Waals surface area (Å²) in [6.45, 7) is 1.63. The van der Waals surface area contributed by atoms with Crippen LogP contribution in [-0.4, -0.2) is 40.2 Å². The normalized spacial score (nSPS) is 16.8. The summed E-state index contributed by atoms with van der Waals surface area (Å²) in [6, 6.07) is 12.0. The molecule has 0 bridgehead atoms. The molecule has 1 saturated heterocycles. The third kappa shape index (κ3) is 4.36. The number of aromatic nitrogens is 3. The first kappa shape index (κ1) is 18.2. The van der Waals surface area contributed by atoms with E-state index in [4.69, 9.17) is 0 Å². The number of rotatable bonds is 5. The molecule has 6 nitrogen and oxygen atoms in total. The van der Waals surface area contributed by atoms with Gasteiger partial charge in [-0.05, 0) is 42.7 Å². The first-order valence-electron chi connectivity index (χ1n) is 9.42. The molecule has 1 fully saturated rings. The Morgan fingerprint density at radius 3 is 2.79 bits per heavy atom. The van der Waals surface area contributed by atoms with Gasteiger partial charge in [0.05, 0.1) is 12.1 Å². The van der Waals surface area contributed by atoms with Crippen LogP contribution < -0.4 is 10.2 Å². The number of benzene rings is 1. The summed E-state index contributed by atoms with van der Waals surface area (Å²) in [5.74, 6) is 0.541. The van der Waals surface area contributed by atoms with Gasteiger partial charge in [-0.1, -0.05) is 12.1 Å². The molecule has 1 aromatic carbocycles. The lowest BCUT2D eigenvalue weighted by Gasteiger charge is -2.33. The van der Waals surface area contributed by atoms with Gasteiger partial charge in [0, 0.05) is 43.2 Å². The highest BCUT2D eigenvalue weighted by molar-refractivity contribution is 5.79. The maximum absolute atomic E-state index is 13.0. The minimum atomic E-state index is -0.294. The second-order valence-electron chi connectivity index (χ2n) is 7.03. The van der Waals surface area contributed by atoms with Crippen molar-refractivity contribution in [2.45, 2.75) is 25.3 Å². The number of anilines is 1. The number of piperidine rings is 1. The van der Waals surface area contributed by atoms with Gasteiger partial charge in [-0.3, -0.25) is 14.9 Å². The van der Waals surface area contributed by atoms with E-state index in [1.165, 1.54) is 12.1 Å². The second-order valence-corrected chi connectivity index (χ2v) is 7.03. The minimum Gasteiger partial charge on any atom is -0.353 e. The highest BCUT2D eigenvalue weighted by Gasteiger charge is 2.23. The summed E-state index contributed by atoms with van der Waals surface area (Å²) >= 11 is 0. The van der Waals surface area contributed by atoms with Crippen molar-refractivity contribution in [2.75, 3.05) is 18.0 Å². The Bertz CT molecular complexity index is 925. The Balaban J connectivity index is 1.36. The van der Waals surface area contributed by atoms with Gasteiger partial charge in [-0.25, -0.2) is 4.39 Å². The molecule has 1 amide bonds. The fraction of sp³-hybridized carbons (Fsp3) is 0.286. The molecule has 0 spiro atoms. The Kier molecular flexibility index (Phi) is 5.32. The zero-order valence-electron chi connectivity index (χ0n) is 15.4. The van der Waals surface area contributed by atoms with E-state index in [0.29, 0.717) is 0 Å². The van der Waals surface area contributed by atoms with Gasteiger partial charge < -0.3 is 10.2 Å². The number of halogens is 1. The zero-order valence-corrected chi connectivity index (χ0v) is 15.4. The number of H-pyrrole nitrogens is 1. The second kappa shape index (κ2) is 8.21. The van der Waals surface area contributed by atoms with Gasteiger partial charge in [-0.15, -0.1) is 0 Å². The molecule has 3 aromatic rings. The molecule has 7 heteroatoms. The van der Waals surface area contributed by atoms with E-state index in [9.17, 15) is 9.18 Å². The smallest absolute Gasteiger partial charge is 0.224 e. The number of amides is 1. The van der Waals surface area contributed by atoms with Crippen LogP contribution in [0.3, 0.4) is 0 Å². The summed E-state index contributed by atoms with van der Waals surface area (Å²) in [5, 5.41) is 10.6. The summed E-state index contributed by atoms with van der Waals surface area (Å²) in [4.78, 5) is 18.6. The standard InChI is InChI=1S/C21H22FN5O/c22-17-5-3-15(4-6-17)12-21(28)24-18-2-1-11-27(14-18)20-13-19(25-26-20)16-7-9-23-10-8-16/h3-10,13,18H,1-2,11-12,14H2,(H,24,28)(H,25,26). The first-order valence-corrected chi connectivity index (χ1v) is 9.42. The van der Waals surface area contributed by atoms with Gasteiger partial charge in [0.25, 0.3) is 0 Å². The molecule has 1 atom stereocenters. The van der Waals surface area contributed by atoms with E-state index in [2.05, 4.69) is 25.4 Å². The van der Waals surface area contributed by atoms with E-state index in [-0.39, 0.29) is 24.2 Å². The number of hydrogen-bond acceptors (Lipinski definition) is 4. The number of pyridine rings is 1. The first-order chi connectivity index (χ1) is 13.7. The van der Waals surface area contributed by atoms with Gasteiger partial charge >= 0.3 is 0 Å². The van der Waals surface area contributed by atoms with Crippen molar-refractivity contribution in [3.05, 3.63) is 66.2 Å². The SMILES string of the molecule is O=C(Cc1ccc(F)cc1)NC1CCCN(c2cc(-c3ccncc3)[nH]n2)C1. The minimum absolute atomic E-state index is 0.0436. The Hall–Kier alpha value is -3.22. The van der Waals surface area contributed by atoms with E-state index in [1.54, 1.807) is 24.5 Å². The monoisotopic (exact) mass is 379 g/mol. The van der Waals surface area contributed by atoms with Crippen molar-refractivity contribution in [3.8, 4) is 11.3 Å². The van der Waals surface area contributed by atoms with Crippen LogP contribution in [-0.2, 0) is 11.2 Å².